The Balaban J connectivity index is 1.98. The van der Waals surface area contributed by atoms with Crippen LogP contribution in [-0.4, -0.2) is 5.60 Å². The number of fused-ring (bicyclic) bond motifs is 1. The van der Waals surface area contributed by atoms with Crippen LogP contribution in [0.1, 0.15) is 51.1 Å². The zero-order chi connectivity index (χ0) is 13.6. The summed E-state index contributed by atoms with van der Waals surface area (Å²) in [6.45, 7) is 4.68. The van der Waals surface area contributed by atoms with E-state index >= 15 is 0 Å². The Kier molecular flexibility index (Phi) is 3.38. The van der Waals surface area contributed by atoms with Crippen molar-refractivity contribution in [3.05, 3.63) is 28.2 Å². The summed E-state index contributed by atoms with van der Waals surface area (Å²) in [4.78, 5) is 0. The van der Waals surface area contributed by atoms with Crippen molar-refractivity contribution in [3.63, 3.8) is 0 Å². The summed E-state index contributed by atoms with van der Waals surface area (Å²) in [7, 11) is 0. The molecule has 2 N–H and O–H groups in total. The average Bonchev–Trinajstić information content (AvgIpc) is 2.37. The number of benzene rings is 1. The van der Waals surface area contributed by atoms with Crippen molar-refractivity contribution in [1.29, 1.82) is 0 Å². The van der Waals surface area contributed by atoms with Gasteiger partial charge in [-0.1, -0.05) is 36.2 Å². The van der Waals surface area contributed by atoms with Gasteiger partial charge in [-0.2, -0.15) is 0 Å². The second-order valence-electron chi connectivity index (χ2n) is 6.32. The van der Waals surface area contributed by atoms with E-state index in [0.717, 1.165) is 34.5 Å². The van der Waals surface area contributed by atoms with Crippen LogP contribution in [0.2, 0.25) is 0 Å². The number of halogens is 1. The maximum atomic E-state index is 6.47. The van der Waals surface area contributed by atoms with Crippen molar-refractivity contribution in [1.82, 2.24) is 0 Å². The van der Waals surface area contributed by atoms with E-state index < -0.39 is 0 Å². The lowest BCUT2D eigenvalue weighted by Crippen LogP contribution is -2.51. The number of hydrogen-bond donors (Lipinski definition) is 1. The first-order valence-electron chi connectivity index (χ1n) is 7.26. The molecule has 1 spiro atoms. The third kappa shape index (κ3) is 2.21. The van der Waals surface area contributed by atoms with Crippen LogP contribution in [0, 0.1) is 11.8 Å². The standard InChI is InChI=1S/C16H22BrNO/c1-10-4-3-7-16(11(10)2)9-14(18)13-8-12(17)5-6-15(13)19-16/h5-6,8,10-11,14H,3-4,7,9,18H2,1-2H3/t10?,11?,14-,16?/m0/s1. The third-order valence-corrected chi connectivity index (χ3v) is 5.69. The molecule has 1 aliphatic carbocycles. The van der Waals surface area contributed by atoms with E-state index in [1.165, 1.54) is 12.8 Å². The summed E-state index contributed by atoms with van der Waals surface area (Å²) < 4.78 is 7.54. The highest BCUT2D eigenvalue weighted by Crippen LogP contribution is 2.49. The van der Waals surface area contributed by atoms with Gasteiger partial charge in [0, 0.05) is 22.5 Å². The van der Waals surface area contributed by atoms with Crippen molar-refractivity contribution in [2.75, 3.05) is 0 Å². The molecular weight excluding hydrogens is 302 g/mol. The second kappa shape index (κ2) is 4.78. The molecular formula is C16H22BrNO. The zero-order valence-corrected chi connectivity index (χ0v) is 13.2. The predicted octanol–water partition coefficient (Wildman–Crippen LogP) is 4.43. The summed E-state index contributed by atoms with van der Waals surface area (Å²) in [6.07, 6.45) is 4.66. The Bertz CT molecular complexity index is 490. The highest BCUT2D eigenvalue weighted by atomic mass is 79.9. The Morgan fingerprint density at radius 2 is 2.16 bits per heavy atom. The maximum absolute atomic E-state index is 6.47. The average molecular weight is 324 g/mol. The van der Waals surface area contributed by atoms with Crippen LogP contribution in [0.5, 0.6) is 5.75 Å². The highest BCUT2D eigenvalue weighted by Gasteiger charge is 2.47. The van der Waals surface area contributed by atoms with Gasteiger partial charge in [-0.05, 0) is 42.9 Å². The van der Waals surface area contributed by atoms with Crippen molar-refractivity contribution in [3.8, 4) is 5.75 Å². The topological polar surface area (TPSA) is 35.2 Å². The van der Waals surface area contributed by atoms with Crippen LogP contribution < -0.4 is 10.5 Å². The minimum atomic E-state index is -0.0437. The largest absolute Gasteiger partial charge is 0.487 e. The van der Waals surface area contributed by atoms with E-state index in [2.05, 4.69) is 41.9 Å². The fourth-order valence-electron chi connectivity index (χ4n) is 3.80. The molecule has 2 nitrogen and oxygen atoms in total. The van der Waals surface area contributed by atoms with Crippen LogP contribution in [0.25, 0.3) is 0 Å². The summed E-state index contributed by atoms with van der Waals surface area (Å²) in [6, 6.07) is 6.30. The lowest BCUT2D eigenvalue weighted by atomic mass is 9.66. The molecule has 3 heteroatoms. The summed E-state index contributed by atoms with van der Waals surface area (Å²) in [5.74, 6) is 2.28. The molecule has 0 amide bonds. The predicted molar refractivity (Wildman–Crippen MR) is 81.2 cm³/mol. The Hall–Kier alpha value is -0.540. The molecule has 1 saturated carbocycles. The zero-order valence-electron chi connectivity index (χ0n) is 11.7. The van der Waals surface area contributed by atoms with Crippen LogP contribution in [-0.2, 0) is 0 Å². The number of rotatable bonds is 0. The van der Waals surface area contributed by atoms with Gasteiger partial charge in [-0.15, -0.1) is 0 Å². The molecule has 3 unspecified atom stereocenters. The Labute approximate surface area is 123 Å². The fraction of sp³-hybridized carbons (Fsp3) is 0.625. The van der Waals surface area contributed by atoms with Crippen molar-refractivity contribution >= 4 is 15.9 Å². The van der Waals surface area contributed by atoms with Gasteiger partial charge in [0.1, 0.15) is 11.4 Å². The van der Waals surface area contributed by atoms with E-state index in [0.29, 0.717) is 5.92 Å². The molecule has 4 atom stereocenters. The Morgan fingerprint density at radius 3 is 2.95 bits per heavy atom. The van der Waals surface area contributed by atoms with Crippen molar-refractivity contribution in [2.45, 2.75) is 51.2 Å². The van der Waals surface area contributed by atoms with Gasteiger partial charge in [-0.3, -0.25) is 0 Å². The number of nitrogens with two attached hydrogens (primary N) is 1. The molecule has 1 fully saturated rings. The molecule has 1 aromatic rings. The molecule has 19 heavy (non-hydrogen) atoms. The monoisotopic (exact) mass is 323 g/mol. The SMILES string of the molecule is CC1CCCC2(C[C@H](N)c3cc(Br)ccc3O2)C1C. The van der Waals surface area contributed by atoms with Gasteiger partial charge in [0.2, 0.25) is 0 Å². The summed E-state index contributed by atoms with van der Waals surface area (Å²) in [5, 5.41) is 0. The normalized spacial score (nSPS) is 37.8. The molecule has 0 saturated heterocycles. The lowest BCUT2D eigenvalue weighted by molar-refractivity contribution is -0.0614. The van der Waals surface area contributed by atoms with Crippen LogP contribution >= 0.6 is 15.9 Å². The first-order chi connectivity index (χ1) is 9.02. The minimum Gasteiger partial charge on any atom is -0.487 e. The molecule has 1 heterocycles. The summed E-state index contributed by atoms with van der Waals surface area (Å²) >= 11 is 3.52. The first-order valence-corrected chi connectivity index (χ1v) is 8.05. The van der Waals surface area contributed by atoms with Gasteiger partial charge in [0.05, 0.1) is 0 Å². The molecule has 0 radical (unpaired) electrons. The molecule has 0 bridgehead atoms. The van der Waals surface area contributed by atoms with Crippen molar-refractivity contribution < 1.29 is 4.74 Å². The lowest BCUT2D eigenvalue weighted by Gasteiger charge is -2.49. The van der Waals surface area contributed by atoms with Crippen molar-refractivity contribution in [2.24, 2.45) is 17.6 Å². The van der Waals surface area contributed by atoms with E-state index in [4.69, 9.17) is 10.5 Å². The highest BCUT2D eigenvalue weighted by molar-refractivity contribution is 9.10. The van der Waals surface area contributed by atoms with E-state index in [-0.39, 0.29) is 11.6 Å². The molecule has 104 valence electrons. The molecule has 3 rings (SSSR count). The van der Waals surface area contributed by atoms with Gasteiger partial charge < -0.3 is 10.5 Å². The molecule has 1 aromatic carbocycles. The van der Waals surface area contributed by atoms with Gasteiger partial charge >= 0.3 is 0 Å². The van der Waals surface area contributed by atoms with Gasteiger partial charge in [0.25, 0.3) is 0 Å². The second-order valence-corrected chi connectivity index (χ2v) is 7.23. The van der Waals surface area contributed by atoms with Gasteiger partial charge in [-0.25, -0.2) is 0 Å². The quantitative estimate of drug-likeness (QED) is 0.766. The van der Waals surface area contributed by atoms with E-state index in [9.17, 15) is 0 Å². The Morgan fingerprint density at radius 1 is 1.37 bits per heavy atom. The smallest absolute Gasteiger partial charge is 0.125 e. The van der Waals surface area contributed by atoms with E-state index in [1.807, 2.05) is 6.07 Å². The maximum Gasteiger partial charge on any atom is 0.125 e. The summed E-state index contributed by atoms with van der Waals surface area (Å²) in [5.41, 5.74) is 7.53. The third-order valence-electron chi connectivity index (χ3n) is 5.19. The van der Waals surface area contributed by atoms with Crippen LogP contribution in [0.3, 0.4) is 0 Å². The van der Waals surface area contributed by atoms with E-state index in [1.54, 1.807) is 0 Å². The van der Waals surface area contributed by atoms with Gasteiger partial charge in [0.15, 0.2) is 0 Å². The fourth-order valence-corrected chi connectivity index (χ4v) is 4.18. The first kappa shape index (κ1) is 13.4. The van der Waals surface area contributed by atoms with Crippen LogP contribution in [0.4, 0.5) is 0 Å². The molecule has 0 aromatic heterocycles. The molecule has 1 aliphatic heterocycles. The molecule has 2 aliphatic rings. The number of hydrogen-bond acceptors (Lipinski definition) is 2. The number of ether oxygens (including phenoxy) is 1. The minimum absolute atomic E-state index is 0.0437. The van der Waals surface area contributed by atoms with Crippen LogP contribution in [0.15, 0.2) is 22.7 Å².